The van der Waals surface area contributed by atoms with E-state index < -0.39 is 6.04 Å². The molecule has 5 heteroatoms. The molecule has 5 nitrogen and oxygen atoms in total. The van der Waals surface area contributed by atoms with E-state index in [-0.39, 0.29) is 23.8 Å². The van der Waals surface area contributed by atoms with E-state index in [0.29, 0.717) is 5.69 Å². The first-order chi connectivity index (χ1) is 8.80. The van der Waals surface area contributed by atoms with Gasteiger partial charge >= 0.3 is 0 Å². The summed E-state index contributed by atoms with van der Waals surface area (Å²) in [5, 5.41) is 2.77. The van der Waals surface area contributed by atoms with Gasteiger partial charge in [0.25, 0.3) is 5.91 Å². The van der Waals surface area contributed by atoms with Crippen molar-refractivity contribution in [2.45, 2.75) is 33.7 Å². The van der Waals surface area contributed by atoms with Crippen molar-refractivity contribution >= 4 is 17.5 Å². The number of nitrogens with zero attached hydrogens (tertiary/aromatic N) is 2. The monoisotopic (exact) mass is 261 g/mol. The zero-order valence-electron chi connectivity index (χ0n) is 11.7. The molecule has 19 heavy (non-hydrogen) atoms. The lowest BCUT2D eigenvalue weighted by molar-refractivity contribution is -0.133. The Bertz CT molecular complexity index is 520. The van der Waals surface area contributed by atoms with E-state index in [0.717, 1.165) is 5.69 Å². The van der Waals surface area contributed by atoms with Crippen LogP contribution in [-0.4, -0.2) is 29.4 Å². The zero-order chi connectivity index (χ0) is 14.2. The number of hydrogen-bond donors (Lipinski definition) is 1. The Morgan fingerprint density at radius 2 is 2.05 bits per heavy atom. The maximum Gasteiger partial charge on any atom is 0.250 e. The van der Waals surface area contributed by atoms with E-state index >= 15 is 0 Å². The average Bonchev–Trinajstić information content (AvgIpc) is 2.31. The third kappa shape index (κ3) is 2.59. The molecule has 0 bridgehead atoms. The number of carbonyl (C=O) groups excluding carboxylic acids is 2. The minimum Gasteiger partial charge on any atom is -0.342 e. The fraction of sp³-hybridized carbons (Fsp3) is 0.500. The van der Waals surface area contributed by atoms with Crippen LogP contribution >= 0.6 is 0 Å². The first kappa shape index (κ1) is 13.5. The van der Waals surface area contributed by atoms with Crippen molar-refractivity contribution in [1.82, 2.24) is 10.3 Å². The molecule has 1 aromatic rings. The Balaban J connectivity index is 2.39. The Hall–Kier alpha value is -1.91. The zero-order valence-corrected chi connectivity index (χ0v) is 11.7. The summed E-state index contributed by atoms with van der Waals surface area (Å²) in [6.45, 7) is 7.71. The number of aromatic nitrogens is 1. The summed E-state index contributed by atoms with van der Waals surface area (Å²) in [5.41, 5.74) is 1.14. The van der Waals surface area contributed by atoms with Crippen LogP contribution in [0.2, 0.25) is 0 Å². The number of aryl methyl sites for hydroxylation is 1. The summed E-state index contributed by atoms with van der Waals surface area (Å²) in [5.74, 6) is -0.217. The van der Waals surface area contributed by atoms with Gasteiger partial charge in [0.05, 0.1) is 11.4 Å². The summed E-state index contributed by atoms with van der Waals surface area (Å²) in [6, 6.07) is 3.08. The van der Waals surface area contributed by atoms with Gasteiger partial charge in [-0.2, -0.15) is 0 Å². The van der Waals surface area contributed by atoms with Gasteiger partial charge in [-0.3, -0.25) is 19.5 Å². The van der Waals surface area contributed by atoms with Gasteiger partial charge in [-0.25, -0.2) is 0 Å². The van der Waals surface area contributed by atoms with Crippen molar-refractivity contribution in [2.75, 3.05) is 11.4 Å². The third-order valence-corrected chi connectivity index (χ3v) is 3.26. The summed E-state index contributed by atoms with van der Waals surface area (Å²) in [7, 11) is 0. The van der Waals surface area contributed by atoms with Gasteiger partial charge in [-0.1, -0.05) is 20.8 Å². The maximum absolute atomic E-state index is 12.6. The van der Waals surface area contributed by atoms with E-state index in [1.165, 1.54) is 4.90 Å². The summed E-state index contributed by atoms with van der Waals surface area (Å²) >= 11 is 0. The van der Waals surface area contributed by atoms with Crippen LogP contribution in [0.5, 0.6) is 0 Å². The Morgan fingerprint density at radius 3 is 2.63 bits per heavy atom. The Kier molecular flexibility index (Phi) is 3.30. The largest absolute Gasteiger partial charge is 0.342 e. The highest BCUT2D eigenvalue weighted by molar-refractivity contribution is 6.07. The molecule has 2 heterocycles. The fourth-order valence-electron chi connectivity index (χ4n) is 2.20. The smallest absolute Gasteiger partial charge is 0.250 e. The van der Waals surface area contributed by atoms with E-state index in [9.17, 15) is 9.59 Å². The van der Waals surface area contributed by atoms with Crippen molar-refractivity contribution in [1.29, 1.82) is 0 Å². The van der Waals surface area contributed by atoms with E-state index in [1.54, 1.807) is 12.3 Å². The number of carbonyl (C=O) groups is 2. The van der Waals surface area contributed by atoms with Gasteiger partial charge < -0.3 is 5.32 Å². The number of anilines is 1. The molecule has 0 saturated carbocycles. The van der Waals surface area contributed by atoms with Gasteiger partial charge in [-0.05, 0) is 24.5 Å². The van der Waals surface area contributed by atoms with Crippen molar-refractivity contribution < 1.29 is 9.59 Å². The van der Waals surface area contributed by atoms with Crippen LogP contribution in [-0.2, 0) is 9.59 Å². The highest BCUT2D eigenvalue weighted by Gasteiger charge is 2.40. The van der Waals surface area contributed by atoms with Gasteiger partial charge in [0.15, 0.2) is 0 Å². The molecule has 2 rings (SSSR count). The SMILES string of the molecule is Cc1ncccc1N1CC(=O)NC(C(C)(C)C)C1=O. The molecule has 1 N–H and O–H groups in total. The molecule has 1 aliphatic heterocycles. The highest BCUT2D eigenvalue weighted by Crippen LogP contribution is 2.27. The van der Waals surface area contributed by atoms with Crippen LogP contribution in [0.1, 0.15) is 26.5 Å². The van der Waals surface area contributed by atoms with Gasteiger partial charge in [0.2, 0.25) is 5.91 Å². The number of rotatable bonds is 1. The number of pyridine rings is 1. The fourth-order valence-corrected chi connectivity index (χ4v) is 2.20. The molecular formula is C14H19N3O2. The first-order valence-corrected chi connectivity index (χ1v) is 6.33. The minimum absolute atomic E-state index is 0.0535. The second-order valence-electron chi connectivity index (χ2n) is 5.90. The van der Waals surface area contributed by atoms with Crippen molar-refractivity contribution in [3.8, 4) is 0 Å². The molecule has 1 atom stereocenters. The van der Waals surface area contributed by atoms with Crippen LogP contribution in [0, 0.1) is 12.3 Å². The van der Waals surface area contributed by atoms with Crippen LogP contribution in [0.4, 0.5) is 5.69 Å². The second-order valence-corrected chi connectivity index (χ2v) is 5.90. The van der Waals surface area contributed by atoms with Gasteiger partial charge in [0, 0.05) is 6.20 Å². The van der Waals surface area contributed by atoms with Crippen molar-refractivity contribution in [3.63, 3.8) is 0 Å². The third-order valence-electron chi connectivity index (χ3n) is 3.26. The molecular weight excluding hydrogens is 242 g/mol. The maximum atomic E-state index is 12.6. The quantitative estimate of drug-likeness (QED) is 0.828. The van der Waals surface area contributed by atoms with Crippen molar-refractivity contribution in [2.24, 2.45) is 5.41 Å². The van der Waals surface area contributed by atoms with Crippen LogP contribution in [0.25, 0.3) is 0 Å². The van der Waals surface area contributed by atoms with E-state index in [1.807, 2.05) is 33.8 Å². The topological polar surface area (TPSA) is 62.3 Å². The average molecular weight is 261 g/mol. The first-order valence-electron chi connectivity index (χ1n) is 6.33. The highest BCUT2D eigenvalue weighted by atomic mass is 16.2. The summed E-state index contributed by atoms with van der Waals surface area (Å²) < 4.78 is 0. The van der Waals surface area contributed by atoms with E-state index in [4.69, 9.17) is 0 Å². The lowest BCUT2D eigenvalue weighted by Gasteiger charge is -2.39. The predicted molar refractivity (Wildman–Crippen MR) is 72.7 cm³/mol. The Labute approximate surface area is 113 Å². The van der Waals surface area contributed by atoms with Crippen molar-refractivity contribution in [3.05, 3.63) is 24.0 Å². The summed E-state index contributed by atoms with van der Waals surface area (Å²) in [6.07, 6.45) is 1.68. The molecule has 0 radical (unpaired) electrons. The van der Waals surface area contributed by atoms with E-state index in [2.05, 4.69) is 10.3 Å². The van der Waals surface area contributed by atoms with Gasteiger partial charge in [-0.15, -0.1) is 0 Å². The van der Waals surface area contributed by atoms with Gasteiger partial charge in [0.1, 0.15) is 12.6 Å². The molecule has 1 aromatic heterocycles. The number of nitrogens with one attached hydrogen (secondary N) is 1. The molecule has 2 amide bonds. The lowest BCUT2D eigenvalue weighted by atomic mass is 9.84. The lowest BCUT2D eigenvalue weighted by Crippen LogP contribution is -2.62. The molecule has 102 valence electrons. The molecule has 1 unspecified atom stereocenters. The van der Waals surface area contributed by atoms with Crippen LogP contribution < -0.4 is 10.2 Å². The second kappa shape index (κ2) is 4.64. The molecule has 0 aliphatic carbocycles. The minimum atomic E-state index is -0.506. The Morgan fingerprint density at radius 1 is 1.37 bits per heavy atom. The standard InChI is InChI=1S/C14H19N3O2/c1-9-10(6-5-7-15-9)17-8-11(18)16-12(13(17)19)14(2,3)4/h5-7,12H,8H2,1-4H3,(H,16,18). The van der Waals surface area contributed by atoms with Crippen LogP contribution in [0.15, 0.2) is 18.3 Å². The number of hydrogen-bond acceptors (Lipinski definition) is 3. The molecule has 1 fully saturated rings. The van der Waals surface area contributed by atoms with Crippen LogP contribution in [0.3, 0.4) is 0 Å². The number of amides is 2. The predicted octanol–water partition coefficient (Wildman–Crippen LogP) is 1.27. The molecule has 1 saturated heterocycles. The molecule has 1 aliphatic rings. The normalized spacial score (nSPS) is 20.4. The number of piperazine rings is 1. The summed E-state index contributed by atoms with van der Waals surface area (Å²) in [4.78, 5) is 30.1. The molecule has 0 aromatic carbocycles. The molecule has 0 spiro atoms.